The number of halogens is 1. The molecule has 2 rings (SSSR count). The molecule has 0 amide bonds. The minimum atomic E-state index is -1.05. The van der Waals surface area contributed by atoms with Gasteiger partial charge in [-0.3, -0.25) is 0 Å². The normalized spacial score (nSPS) is 10.1. The van der Waals surface area contributed by atoms with Crippen LogP contribution in [0.1, 0.15) is 16.1 Å². The van der Waals surface area contributed by atoms with Crippen LogP contribution in [-0.4, -0.2) is 16.1 Å². The van der Waals surface area contributed by atoms with Crippen molar-refractivity contribution >= 4 is 21.9 Å². The second kappa shape index (κ2) is 5.64. The van der Waals surface area contributed by atoms with Gasteiger partial charge in [-0.25, -0.2) is 9.78 Å². The fraction of sp³-hybridized carbons (Fsp3) is 0.0769. The molecule has 0 spiro atoms. The molecule has 1 aromatic heterocycles. The topological polar surface area (TPSA) is 59.4 Å². The second-order valence-electron chi connectivity index (χ2n) is 3.56. The van der Waals surface area contributed by atoms with E-state index >= 15 is 0 Å². The largest absolute Gasteiger partial charge is 0.489 e. The number of carboxylic acid groups (broad SMARTS) is 1. The van der Waals surface area contributed by atoms with Gasteiger partial charge in [-0.2, -0.15) is 0 Å². The molecular weight excluding hydrogens is 298 g/mol. The van der Waals surface area contributed by atoms with Gasteiger partial charge in [0, 0.05) is 16.2 Å². The van der Waals surface area contributed by atoms with Crippen molar-refractivity contribution in [2.75, 3.05) is 0 Å². The van der Waals surface area contributed by atoms with E-state index in [9.17, 15) is 4.79 Å². The van der Waals surface area contributed by atoms with Crippen molar-refractivity contribution in [1.82, 2.24) is 4.98 Å². The summed E-state index contributed by atoms with van der Waals surface area (Å²) in [6, 6.07) is 10.7. The maximum Gasteiger partial charge on any atom is 0.354 e. The molecule has 0 saturated heterocycles. The highest BCUT2D eigenvalue weighted by Crippen LogP contribution is 2.18. The SMILES string of the molecule is O=C(O)c1ncccc1COc1ccc(Br)cc1. The zero-order valence-electron chi connectivity index (χ0n) is 9.34. The summed E-state index contributed by atoms with van der Waals surface area (Å²) in [5.74, 6) is -0.372. The maximum absolute atomic E-state index is 11.0. The summed E-state index contributed by atoms with van der Waals surface area (Å²) < 4.78 is 6.47. The number of benzene rings is 1. The molecule has 0 saturated carbocycles. The first-order valence-corrected chi connectivity index (χ1v) is 6.01. The molecule has 0 radical (unpaired) electrons. The molecule has 5 heteroatoms. The first-order chi connectivity index (χ1) is 8.66. The Balaban J connectivity index is 2.10. The summed E-state index contributed by atoms with van der Waals surface area (Å²) in [7, 11) is 0. The first kappa shape index (κ1) is 12.6. The van der Waals surface area contributed by atoms with E-state index in [1.165, 1.54) is 6.20 Å². The summed E-state index contributed by atoms with van der Waals surface area (Å²) in [5.41, 5.74) is 0.572. The minimum Gasteiger partial charge on any atom is -0.489 e. The lowest BCUT2D eigenvalue weighted by atomic mass is 10.2. The fourth-order valence-corrected chi connectivity index (χ4v) is 1.70. The van der Waals surface area contributed by atoms with Gasteiger partial charge in [-0.05, 0) is 30.3 Å². The van der Waals surface area contributed by atoms with Crippen molar-refractivity contribution in [3.05, 3.63) is 58.3 Å². The summed E-state index contributed by atoms with van der Waals surface area (Å²) in [4.78, 5) is 14.8. The van der Waals surface area contributed by atoms with Crippen LogP contribution in [0, 0.1) is 0 Å². The van der Waals surface area contributed by atoms with Crippen LogP contribution < -0.4 is 4.74 Å². The minimum absolute atomic E-state index is 0.0228. The molecule has 1 heterocycles. The number of rotatable bonds is 4. The lowest BCUT2D eigenvalue weighted by Gasteiger charge is -2.07. The van der Waals surface area contributed by atoms with E-state index < -0.39 is 5.97 Å². The van der Waals surface area contributed by atoms with Crippen LogP contribution in [0.25, 0.3) is 0 Å². The van der Waals surface area contributed by atoms with E-state index in [0.29, 0.717) is 11.3 Å². The predicted octanol–water partition coefficient (Wildman–Crippen LogP) is 3.12. The zero-order valence-corrected chi connectivity index (χ0v) is 10.9. The Labute approximate surface area is 112 Å². The Morgan fingerprint density at radius 1 is 1.28 bits per heavy atom. The molecule has 92 valence electrons. The van der Waals surface area contributed by atoms with Gasteiger partial charge < -0.3 is 9.84 Å². The van der Waals surface area contributed by atoms with E-state index in [4.69, 9.17) is 9.84 Å². The summed E-state index contributed by atoms with van der Waals surface area (Å²) in [6.07, 6.45) is 1.45. The highest BCUT2D eigenvalue weighted by molar-refractivity contribution is 9.10. The van der Waals surface area contributed by atoms with Gasteiger partial charge in [-0.1, -0.05) is 22.0 Å². The molecule has 18 heavy (non-hydrogen) atoms. The molecule has 0 atom stereocenters. The summed E-state index contributed by atoms with van der Waals surface area (Å²) in [5, 5.41) is 8.97. The van der Waals surface area contributed by atoms with E-state index in [-0.39, 0.29) is 12.3 Å². The highest BCUT2D eigenvalue weighted by atomic mass is 79.9. The molecule has 0 bridgehead atoms. The number of carboxylic acids is 1. The molecule has 1 aromatic carbocycles. The van der Waals surface area contributed by atoms with Gasteiger partial charge in [0.05, 0.1) is 0 Å². The summed E-state index contributed by atoms with van der Waals surface area (Å²) >= 11 is 3.33. The van der Waals surface area contributed by atoms with Crippen molar-refractivity contribution in [1.29, 1.82) is 0 Å². The Kier molecular flexibility index (Phi) is 3.94. The number of aromatic carboxylic acids is 1. The summed E-state index contributed by atoms with van der Waals surface area (Å²) in [6.45, 7) is 0.178. The predicted molar refractivity (Wildman–Crippen MR) is 69.7 cm³/mol. The molecule has 0 aliphatic carbocycles. The number of carbonyl (C=O) groups is 1. The van der Waals surface area contributed by atoms with Crippen LogP contribution in [0.2, 0.25) is 0 Å². The van der Waals surface area contributed by atoms with Gasteiger partial charge in [0.15, 0.2) is 5.69 Å². The maximum atomic E-state index is 11.0. The Hall–Kier alpha value is -1.88. The van der Waals surface area contributed by atoms with Gasteiger partial charge in [-0.15, -0.1) is 0 Å². The molecule has 0 fully saturated rings. The van der Waals surface area contributed by atoms with Crippen LogP contribution in [0.5, 0.6) is 5.75 Å². The quantitative estimate of drug-likeness (QED) is 0.943. The van der Waals surface area contributed by atoms with Crippen molar-refractivity contribution in [3.8, 4) is 5.75 Å². The number of hydrogen-bond acceptors (Lipinski definition) is 3. The Morgan fingerprint density at radius 2 is 2.00 bits per heavy atom. The average molecular weight is 308 g/mol. The lowest BCUT2D eigenvalue weighted by Crippen LogP contribution is -2.07. The van der Waals surface area contributed by atoms with Crippen LogP contribution >= 0.6 is 15.9 Å². The third kappa shape index (κ3) is 3.07. The molecule has 1 N–H and O–H groups in total. The third-order valence-corrected chi connectivity index (χ3v) is 2.83. The van der Waals surface area contributed by atoms with E-state index in [1.54, 1.807) is 24.3 Å². The first-order valence-electron chi connectivity index (χ1n) is 5.22. The van der Waals surface area contributed by atoms with Crippen molar-refractivity contribution < 1.29 is 14.6 Å². The second-order valence-corrected chi connectivity index (χ2v) is 4.47. The van der Waals surface area contributed by atoms with Crippen LogP contribution in [0.3, 0.4) is 0 Å². The monoisotopic (exact) mass is 307 g/mol. The van der Waals surface area contributed by atoms with E-state index in [1.807, 2.05) is 12.1 Å². The molecule has 0 aliphatic heterocycles. The fourth-order valence-electron chi connectivity index (χ4n) is 1.44. The average Bonchev–Trinajstić information content (AvgIpc) is 2.38. The number of pyridine rings is 1. The van der Waals surface area contributed by atoms with Crippen LogP contribution in [-0.2, 0) is 6.61 Å². The van der Waals surface area contributed by atoms with E-state index in [2.05, 4.69) is 20.9 Å². The lowest BCUT2D eigenvalue weighted by molar-refractivity contribution is 0.0687. The van der Waals surface area contributed by atoms with Gasteiger partial charge in [0.25, 0.3) is 0 Å². The zero-order chi connectivity index (χ0) is 13.0. The van der Waals surface area contributed by atoms with Crippen LogP contribution in [0.15, 0.2) is 47.1 Å². The number of hydrogen-bond donors (Lipinski definition) is 1. The third-order valence-electron chi connectivity index (χ3n) is 2.30. The highest BCUT2D eigenvalue weighted by Gasteiger charge is 2.11. The number of nitrogens with zero attached hydrogens (tertiary/aromatic N) is 1. The Morgan fingerprint density at radius 3 is 2.67 bits per heavy atom. The van der Waals surface area contributed by atoms with Crippen molar-refractivity contribution in [3.63, 3.8) is 0 Å². The number of aromatic nitrogens is 1. The van der Waals surface area contributed by atoms with Gasteiger partial charge in [0.1, 0.15) is 12.4 Å². The van der Waals surface area contributed by atoms with Crippen LogP contribution in [0.4, 0.5) is 0 Å². The standard InChI is InChI=1S/C13H10BrNO3/c14-10-3-5-11(6-4-10)18-8-9-2-1-7-15-12(9)13(16)17/h1-7H,8H2,(H,16,17). The van der Waals surface area contributed by atoms with Crippen molar-refractivity contribution in [2.45, 2.75) is 6.61 Å². The molecular formula is C13H10BrNO3. The smallest absolute Gasteiger partial charge is 0.354 e. The Bertz CT molecular complexity index is 554. The number of ether oxygens (including phenoxy) is 1. The van der Waals surface area contributed by atoms with E-state index in [0.717, 1.165) is 4.47 Å². The van der Waals surface area contributed by atoms with Gasteiger partial charge >= 0.3 is 5.97 Å². The van der Waals surface area contributed by atoms with Gasteiger partial charge in [0.2, 0.25) is 0 Å². The molecule has 2 aromatic rings. The molecule has 0 aliphatic rings. The molecule has 4 nitrogen and oxygen atoms in total. The van der Waals surface area contributed by atoms with Crippen molar-refractivity contribution in [2.24, 2.45) is 0 Å². The molecule has 0 unspecified atom stereocenters.